The van der Waals surface area contributed by atoms with Gasteiger partial charge in [0.05, 0.1) is 11.4 Å². The Morgan fingerprint density at radius 3 is 2.57 bits per heavy atom. The van der Waals surface area contributed by atoms with E-state index in [2.05, 4.69) is 28.2 Å². The lowest BCUT2D eigenvalue weighted by molar-refractivity contribution is 0.359. The number of rotatable bonds is 5. The van der Waals surface area contributed by atoms with Crippen LogP contribution >= 0.6 is 0 Å². The molecule has 3 nitrogen and oxygen atoms in total. The second-order valence-electron chi connectivity index (χ2n) is 6.09. The number of hydrogen-bond donors (Lipinski definition) is 1. The van der Waals surface area contributed by atoms with Gasteiger partial charge in [-0.2, -0.15) is 0 Å². The van der Waals surface area contributed by atoms with Crippen molar-refractivity contribution in [1.29, 1.82) is 0 Å². The van der Waals surface area contributed by atoms with Crippen LogP contribution in [0.25, 0.3) is 0 Å². The Balaban J connectivity index is 1.58. The molecule has 0 amide bonds. The topological polar surface area (TPSA) is 28.2 Å². The molecule has 1 aromatic carbocycles. The molecule has 4 heteroatoms. The van der Waals surface area contributed by atoms with Gasteiger partial charge < -0.3 is 10.2 Å². The minimum Gasteiger partial charge on any atom is -0.369 e. The summed E-state index contributed by atoms with van der Waals surface area (Å²) in [7, 11) is 0. The van der Waals surface area contributed by atoms with Gasteiger partial charge in [-0.1, -0.05) is 25.1 Å². The zero-order chi connectivity index (χ0) is 16.1. The highest BCUT2D eigenvalue weighted by molar-refractivity contribution is 5.47. The van der Waals surface area contributed by atoms with Crippen molar-refractivity contribution in [2.24, 2.45) is 0 Å². The fraction of sp³-hybridized carbons (Fsp3) is 0.421. The summed E-state index contributed by atoms with van der Waals surface area (Å²) in [6.45, 7) is 3.95. The second kappa shape index (κ2) is 7.55. The number of para-hydroxylation sites is 1. The quantitative estimate of drug-likeness (QED) is 0.906. The zero-order valence-electron chi connectivity index (χ0n) is 13.6. The van der Waals surface area contributed by atoms with Crippen molar-refractivity contribution in [3.8, 4) is 0 Å². The maximum atomic E-state index is 13.9. The molecule has 1 N–H and O–H groups in total. The van der Waals surface area contributed by atoms with Gasteiger partial charge in [0.1, 0.15) is 5.82 Å². The van der Waals surface area contributed by atoms with Gasteiger partial charge in [0, 0.05) is 31.4 Å². The monoisotopic (exact) mass is 313 g/mol. The van der Waals surface area contributed by atoms with Gasteiger partial charge in [0.15, 0.2) is 0 Å². The molecule has 1 unspecified atom stereocenters. The molecule has 1 fully saturated rings. The van der Waals surface area contributed by atoms with E-state index < -0.39 is 0 Å². The summed E-state index contributed by atoms with van der Waals surface area (Å²) in [4.78, 5) is 6.62. The Morgan fingerprint density at radius 1 is 1.17 bits per heavy atom. The molecular weight excluding hydrogens is 289 g/mol. The van der Waals surface area contributed by atoms with E-state index in [4.69, 9.17) is 0 Å². The summed E-state index contributed by atoms with van der Waals surface area (Å²) in [5.74, 6) is -0.126. The summed E-state index contributed by atoms with van der Waals surface area (Å²) < 4.78 is 13.9. The van der Waals surface area contributed by atoms with E-state index >= 15 is 0 Å². The van der Waals surface area contributed by atoms with Crippen molar-refractivity contribution in [3.05, 3.63) is 60.2 Å². The van der Waals surface area contributed by atoms with Crippen molar-refractivity contribution in [1.82, 2.24) is 10.3 Å². The molecule has 2 heterocycles. The van der Waals surface area contributed by atoms with Gasteiger partial charge in [-0.3, -0.25) is 4.98 Å². The summed E-state index contributed by atoms with van der Waals surface area (Å²) in [6.07, 6.45) is 4.92. The van der Waals surface area contributed by atoms with Gasteiger partial charge in [0.2, 0.25) is 0 Å². The van der Waals surface area contributed by atoms with Crippen LogP contribution in [-0.2, 0) is 0 Å². The lowest BCUT2D eigenvalue weighted by atomic mass is 10.0. The van der Waals surface area contributed by atoms with Crippen molar-refractivity contribution < 1.29 is 4.39 Å². The maximum Gasteiger partial charge on any atom is 0.146 e. The number of aromatic nitrogens is 1. The summed E-state index contributed by atoms with van der Waals surface area (Å²) >= 11 is 0. The van der Waals surface area contributed by atoms with E-state index in [1.54, 1.807) is 6.07 Å². The van der Waals surface area contributed by atoms with E-state index in [1.807, 2.05) is 30.5 Å². The third-order valence-corrected chi connectivity index (χ3v) is 4.58. The molecule has 122 valence electrons. The Kier molecular flexibility index (Phi) is 5.23. The Morgan fingerprint density at radius 2 is 1.91 bits per heavy atom. The van der Waals surface area contributed by atoms with E-state index in [1.165, 1.54) is 6.07 Å². The van der Waals surface area contributed by atoms with E-state index in [-0.39, 0.29) is 5.82 Å². The molecule has 0 aliphatic carbocycles. The average Bonchev–Trinajstić information content (AvgIpc) is 2.61. The number of benzene rings is 1. The van der Waals surface area contributed by atoms with Crippen LogP contribution in [0, 0.1) is 5.82 Å². The summed E-state index contributed by atoms with van der Waals surface area (Å²) in [6, 6.07) is 13.9. The van der Waals surface area contributed by atoms with Crippen LogP contribution in [0.2, 0.25) is 0 Å². The SMILES string of the molecule is CCC(NC1CCN(c2ccccc2F)CC1)c1ccccn1. The molecule has 1 aliphatic heterocycles. The van der Waals surface area contributed by atoms with Crippen molar-refractivity contribution in [3.63, 3.8) is 0 Å². The smallest absolute Gasteiger partial charge is 0.146 e. The molecular formula is C19H24FN3. The van der Waals surface area contributed by atoms with E-state index in [0.29, 0.717) is 12.1 Å². The lowest BCUT2D eigenvalue weighted by Gasteiger charge is -2.35. The number of piperidine rings is 1. The molecule has 1 atom stereocenters. The number of nitrogens with one attached hydrogen (secondary N) is 1. The minimum absolute atomic E-state index is 0.126. The number of anilines is 1. The van der Waals surface area contributed by atoms with Crippen molar-refractivity contribution in [2.75, 3.05) is 18.0 Å². The Labute approximate surface area is 137 Å². The van der Waals surface area contributed by atoms with Crippen LogP contribution in [0.5, 0.6) is 0 Å². The zero-order valence-corrected chi connectivity index (χ0v) is 13.6. The predicted octanol–water partition coefficient (Wildman–Crippen LogP) is 3.93. The largest absolute Gasteiger partial charge is 0.369 e. The highest BCUT2D eigenvalue weighted by Crippen LogP contribution is 2.24. The Hall–Kier alpha value is -1.94. The first-order chi connectivity index (χ1) is 11.3. The third kappa shape index (κ3) is 3.88. The van der Waals surface area contributed by atoms with Crippen LogP contribution in [-0.4, -0.2) is 24.1 Å². The van der Waals surface area contributed by atoms with Gasteiger partial charge in [0.25, 0.3) is 0 Å². The van der Waals surface area contributed by atoms with Crippen LogP contribution in [0.15, 0.2) is 48.7 Å². The molecule has 2 aromatic rings. The first-order valence-corrected chi connectivity index (χ1v) is 8.44. The molecule has 23 heavy (non-hydrogen) atoms. The van der Waals surface area contributed by atoms with Gasteiger partial charge in [-0.15, -0.1) is 0 Å². The van der Waals surface area contributed by atoms with E-state index in [0.717, 1.165) is 43.7 Å². The highest BCUT2D eigenvalue weighted by atomic mass is 19.1. The highest BCUT2D eigenvalue weighted by Gasteiger charge is 2.23. The Bertz CT molecular complexity index is 609. The molecule has 0 spiro atoms. The van der Waals surface area contributed by atoms with Crippen LogP contribution in [0.4, 0.5) is 10.1 Å². The van der Waals surface area contributed by atoms with Crippen LogP contribution in [0.3, 0.4) is 0 Å². The van der Waals surface area contributed by atoms with Crippen LogP contribution < -0.4 is 10.2 Å². The fourth-order valence-electron chi connectivity index (χ4n) is 3.27. The normalized spacial score (nSPS) is 17.2. The lowest BCUT2D eigenvalue weighted by Crippen LogP contribution is -2.44. The number of hydrogen-bond acceptors (Lipinski definition) is 3. The van der Waals surface area contributed by atoms with Crippen molar-refractivity contribution >= 4 is 5.69 Å². The summed E-state index contributed by atoms with van der Waals surface area (Å²) in [5.41, 5.74) is 1.83. The number of halogens is 1. The van der Waals surface area contributed by atoms with Gasteiger partial charge >= 0.3 is 0 Å². The first-order valence-electron chi connectivity index (χ1n) is 8.44. The minimum atomic E-state index is -0.126. The standard InChI is InChI=1S/C19H24FN3/c1-2-17(18-8-5-6-12-21-18)22-15-10-13-23(14-11-15)19-9-4-3-7-16(19)20/h3-9,12,15,17,22H,2,10-11,13-14H2,1H3. The van der Waals surface area contributed by atoms with Crippen LogP contribution in [0.1, 0.15) is 37.9 Å². The summed E-state index contributed by atoms with van der Waals surface area (Å²) in [5, 5.41) is 3.73. The van der Waals surface area contributed by atoms with Gasteiger partial charge in [-0.25, -0.2) is 4.39 Å². The average molecular weight is 313 g/mol. The molecule has 0 bridgehead atoms. The first kappa shape index (κ1) is 15.9. The molecule has 1 aromatic heterocycles. The third-order valence-electron chi connectivity index (χ3n) is 4.58. The fourth-order valence-corrected chi connectivity index (χ4v) is 3.27. The second-order valence-corrected chi connectivity index (χ2v) is 6.09. The maximum absolute atomic E-state index is 13.9. The molecule has 1 aliphatic rings. The number of nitrogens with zero attached hydrogens (tertiary/aromatic N) is 2. The molecule has 1 saturated heterocycles. The molecule has 0 radical (unpaired) electrons. The molecule has 0 saturated carbocycles. The predicted molar refractivity (Wildman–Crippen MR) is 92.0 cm³/mol. The molecule has 3 rings (SSSR count). The van der Waals surface area contributed by atoms with Gasteiger partial charge in [-0.05, 0) is 43.5 Å². The number of pyridine rings is 1. The van der Waals surface area contributed by atoms with Crippen molar-refractivity contribution in [2.45, 2.75) is 38.3 Å². The van der Waals surface area contributed by atoms with E-state index in [9.17, 15) is 4.39 Å².